The van der Waals surface area contributed by atoms with E-state index in [0.717, 1.165) is 5.56 Å². The molecule has 2 N–H and O–H groups in total. The Morgan fingerprint density at radius 3 is 2.50 bits per heavy atom. The molecule has 3 nitrogen and oxygen atoms in total. The van der Waals surface area contributed by atoms with Crippen molar-refractivity contribution in [3.05, 3.63) is 48.0 Å². The van der Waals surface area contributed by atoms with Crippen LogP contribution in [0.2, 0.25) is 0 Å². The molecule has 0 saturated heterocycles. The minimum Gasteiger partial charge on any atom is -0.390 e. The fourth-order valence-corrected chi connectivity index (χ4v) is 1.62. The van der Waals surface area contributed by atoms with Crippen LogP contribution >= 0.6 is 0 Å². The third-order valence-corrected chi connectivity index (χ3v) is 2.94. The monoisotopic (exact) mass is 250 g/mol. The van der Waals surface area contributed by atoms with Crippen molar-refractivity contribution in [1.29, 1.82) is 0 Å². The van der Waals surface area contributed by atoms with E-state index in [9.17, 15) is 10.2 Å². The van der Waals surface area contributed by atoms with Crippen LogP contribution in [0.4, 0.5) is 0 Å². The molecular weight excluding hydrogens is 228 g/mol. The highest BCUT2D eigenvalue weighted by molar-refractivity contribution is 5.13. The zero-order chi connectivity index (χ0) is 13.4. The van der Waals surface area contributed by atoms with E-state index in [1.807, 2.05) is 37.3 Å². The molecule has 0 bridgehead atoms. The first-order valence-corrected chi connectivity index (χ1v) is 6.25. The second-order valence-corrected chi connectivity index (χ2v) is 4.44. The summed E-state index contributed by atoms with van der Waals surface area (Å²) in [5, 5.41) is 19.6. The van der Waals surface area contributed by atoms with Crippen LogP contribution in [0.3, 0.4) is 0 Å². The van der Waals surface area contributed by atoms with Gasteiger partial charge in [-0.3, -0.25) is 0 Å². The van der Waals surface area contributed by atoms with Gasteiger partial charge < -0.3 is 14.9 Å². The fourth-order valence-electron chi connectivity index (χ4n) is 1.62. The highest BCUT2D eigenvalue weighted by Crippen LogP contribution is 2.11. The molecule has 0 aromatic heterocycles. The summed E-state index contributed by atoms with van der Waals surface area (Å²) in [5.74, 6) is -0.239. The minimum absolute atomic E-state index is 0.227. The molecule has 0 fully saturated rings. The van der Waals surface area contributed by atoms with Crippen molar-refractivity contribution >= 4 is 0 Å². The van der Waals surface area contributed by atoms with E-state index in [1.54, 1.807) is 19.1 Å². The molecule has 0 unspecified atom stereocenters. The van der Waals surface area contributed by atoms with Gasteiger partial charge >= 0.3 is 0 Å². The lowest BCUT2D eigenvalue weighted by molar-refractivity contribution is -0.0246. The van der Waals surface area contributed by atoms with Crippen molar-refractivity contribution in [3.8, 4) is 0 Å². The Hall–Kier alpha value is -1.16. The third kappa shape index (κ3) is 5.00. The second kappa shape index (κ2) is 8.03. The maximum atomic E-state index is 9.87. The SMILES string of the molecule is C/C=C/[C@H](O)[C@H](C)[C@@H](O)COCc1ccccc1. The average molecular weight is 250 g/mol. The van der Waals surface area contributed by atoms with E-state index in [4.69, 9.17) is 4.74 Å². The molecule has 3 atom stereocenters. The summed E-state index contributed by atoms with van der Waals surface area (Å²) >= 11 is 0. The Kier molecular flexibility index (Phi) is 6.65. The average Bonchev–Trinajstić information content (AvgIpc) is 2.39. The normalized spacial score (nSPS) is 16.7. The van der Waals surface area contributed by atoms with Crippen molar-refractivity contribution in [2.24, 2.45) is 5.92 Å². The number of allylic oxidation sites excluding steroid dienone is 1. The number of hydrogen-bond acceptors (Lipinski definition) is 3. The van der Waals surface area contributed by atoms with Crippen LogP contribution in [0, 0.1) is 5.92 Å². The molecule has 0 heterocycles. The number of ether oxygens (including phenoxy) is 1. The Balaban J connectivity index is 2.30. The van der Waals surface area contributed by atoms with E-state index >= 15 is 0 Å². The first-order valence-electron chi connectivity index (χ1n) is 6.25. The van der Waals surface area contributed by atoms with Gasteiger partial charge in [-0.25, -0.2) is 0 Å². The Bertz CT molecular complexity index is 348. The number of benzene rings is 1. The quantitative estimate of drug-likeness (QED) is 0.729. The van der Waals surface area contributed by atoms with E-state index in [1.165, 1.54) is 0 Å². The molecule has 0 amide bonds. The summed E-state index contributed by atoms with van der Waals surface area (Å²) in [6, 6.07) is 9.81. The van der Waals surface area contributed by atoms with Gasteiger partial charge in [0.25, 0.3) is 0 Å². The standard InChI is InChI=1S/C15H22O3/c1-3-7-14(16)12(2)15(17)11-18-10-13-8-5-4-6-9-13/h3-9,12,14-17H,10-11H2,1-2H3/b7-3+/t12-,14-,15-/m0/s1. The Morgan fingerprint density at radius 2 is 1.89 bits per heavy atom. The van der Waals surface area contributed by atoms with Crippen LogP contribution in [0.25, 0.3) is 0 Å². The fraction of sp³-hybridized carbons (Fsp3) is 0.467. The summed E-state index contributed by atoms with van der Waals surface area (Å²) in [4.78, 5) is 0. The minimum atomic E-state index is -0.667. The van der Waals surface area contributed by atoms with E-state index in [0.29, 0.717) is 6.61 Å². The van der Waals surface area contributed by atoms with Crippen LogP contribution < -0.4 is 0 Å². The molecule has 0 saturated carbocycles. The van der Waals surface area contributed by atoms with Gasteiger partial charge in [-0.1, -0.05) is 49.4 Å². The summed E-state index contributed by atoms with van der Waals surface area (Å²) < 4.78 is 5.45. The van der Waals surface area contributed by atoms with Crippen molar-refractivity contribution in [2.45, 2.75) is 32.7 Å². The van der Waals surface area contributed by atoms with Gasteiger partial charge in [0.1, 0.15) is 0 Å². The van der Waals surface area contributed by atoms with Crippen LogP contribution in [0.5, 0.6) is 0 Å². The van der Waals surface area contributed by atoms with Crippen molar-refractivity contribution in [1.82, 2.24) is 0 Å². The molecule has 0 aliphatic rings. The topological polar surface area (TPSA) is 49.7 Å². The van der Waals surface area contributed by atoms with E-state index in [-0.39, 0.29) is 12.5 Å². The summed E-state index contributed by atoms with van der Waals surface area (Å²) in [6.45, 7) is 4.35. The Morgan fingerprint density at radius 1 is 1.22 bits per heavy atom. The zero-order valence-corrected chi connectivity index (χ0v) is 11.0. The smallest absolute Gasteiger partial charge is 0.0827 e. The summed E-state index contributed by atoms with van der Waals surface area (Å²) in [6.07, 6.45) is 2.15. The van der Waals surface area contributed by atoms with Gasteiger partial charge in [0, 0.05) is 5.92 Å². The van der Waals surface area contributed by atoms with Gasteiger partial charge in [-0.05, 0) is 12.5 Å². The largest absolute Gasteiger partial charge is 0.390 e. The van der Waals surface area contributed by atoms with Crippen LogP contribution in [-0.4, -0.2) is 29.0 Å². The van der Waals surface area contributed by atoms with Crippen LogP contribution in [-0.2, 0) is 11.3 Å². The first kappa shape index (κ1) is 14.9. The molecule has 1 rings (SSSR count). The molecule has 100 valence electrons. The van der Waals surface area contributed by atoms with Crippen molar-refractivity contribution in [2.75, 3.05) is 6.61 Å². The van der Waals surface area contributed by atoms with E-state index in [2.05, 4.69) is 0 Å². The first-order chi connectivity index (χ1) is 8.65. The highest BCUT2D eigenvalue weighted by Gasteiger charge is 2.20. The molecule has 1 aromatic carbocycles. The van der Waals surface area contributed by atoms with Gasteiger partial charge in [-0.2, -0.15) is 0 Å². The lowest BCUT2D eigenvalue weighted by Gasteiger charge is -2.21. The lowest BCUT2D eigenvalue weighted by Crippen LogP contribution is -2.31. The summed E-state index contributed by atoms with van der Waals surface area (Å²) in [5.41, 5.74) is 1.08. The molecule has 0 aliphatic heterocycles. The maximum Gasteiger partial charge on any atom is 0.0827 e. The maximum absolute atomic E-state index is 9.87. The highest BCUT2D eigenvalue weighted by atomic mass is 16.5. The molecule has 1 aromatic rings. The zero-order valence-electron chi connectivity index (χ0n) is 11.0. The molecule has 18 heavy (non-hydrogen) atoms. The molecule has 0 spiro atoms. The number of rotatable bonds is 7. The predicted molar refractivity (Wildman–Crippen MR) is 72.1 cm³/mol. The third-order valence-electron chi connectivity index (χ3n) is 2.94. The number of hydrogen-bond donors (Lipinski definition) is 2. The molecule has 3 heteroatoms. The van der Waals surface area contributed by atoms with Gasteiger partial charge in [0.15, 0.2) is 0 Å². The lowest BCUT2D eigenvalue weighted by atomic mass is 9.98. The predicted octanol–water partition coefficient (Wildman–Crippen LogP) is 2.14. The molecule has 0 aliphatic carbocycles. The van der Waals surface area contributed by atoms with Gasteiger partial charge in [0.2, 0.25) is 0 Å². The number of aliphatic hydroxyl groups excluding tert-OH is 2. The second-order valence-electron chi connectivity index (χ2n) is 4.44. The van der Waals surface area contributed by atoms with Crippen LogP contribution in [0.15, 0.2) is 42.5 Å². The Labute approximate surface area is 109 Å². The summed E-state index contributed by atoms with van der Waals surface area (Å²) in [7, 11) is 0. The molecular formula is C15H22O3. The van der Waals surface area contributed by atoms with Crippen molar-refractivity contribution < 1.29 is 14.9 Å². The van der Waals surface area contributed by atoms with Crippen molar-refractivity contribution in [3.63, 3.8) is 0 Å². The van der Waals surface area contributed by atoms with Gasteiger partial charge in [-0.15, -0.1) is 0 Å². The van der Waals surface area contributed by atoms with Gasteiger partial charge in [0.05, 0.1) is 25.4 Å². The van der Waals surface area contributed by atoms with E-state index < -0.39 is 12.2 Å². The van der Waals surface area contributed by atoms with Crippen LogP contribution in [0.1, 0.15) is 19.4 Å². The molecule has 0 radical (unpaired) electrons. The number of aliphatic hydroxyl groups is 2.